The van der Waals surface area contributed by atoms with Crippen LogP contribution in [0.25, 0.3) is 0 Å². The molecule has 0 radical (unpaired) electrons. The van der Waals surface area contributed by atoms with Gasteiger partial charge < -0.3 is 0 Å². The Morgan fingerprint density at radius 3 is 0.846 bits per heavy atom. The van der Waals surface area contributed by atoms with Crippen LogP contribution in [0.15, 0.2) is 0 Å². The standard InChI is InChI=1S/3C4H2F7.C4H9O.Sn/c3*5-2(6)3(7,8)1-4(9,10)11;1-2-3-4-5;/h3*1H2;2-4H2,1H3;/q;;;-1;+1. The molecule has 0 fully saturated rings. The summed E-state index contributed by atoms with van der Waals surface area (Å²) >= 11 is -11.7. The summed E-state index contributed by atoms with van der Waals surface area (Å²) in [4.78, 5) is 0. The van der Waals surface area contributed by atoms with Gasteiger partial charge in [-0.3, -0.25) is 0 Å². The van der Waals surface area contributed by atoms with E-state index in [0.717, 1.165) is 6.92 Å². The van der Waals surface area contributed by atoms with E-state index in [0.29, 0.717) is 0 Å². The second kappa shape index (κ2) is 11.2. The summed E-state index contributed by atoms with van der Waals surface area (Å²) in [5.74, 6) is -22.5. The summed E-state index contributed by atoms with van der Waals surface area (Å²) in [5, 5.41) is 0. The van der Waals surface area contributed by atoms with Crippen molar-refractivity contribution in [3.05, 3.63) is 0 Å². The molecule has 0 aromatic heterocycles. The molecule has 0 unspecified atom stereocenters. The van der Waals surface area contributed by atoms with E-state index in [2.05, 4.69) is 3.07 Å². The van der Waals surface area contributed by atoms with Gasteiger partial charge in [0.2, 0.25) is 0 Å². The van der Waals surface area contributed by atoms with Gasteiger partial charge in [-0.05, 0) is 0 Å². The van der Waals surface area contributed by atoms with Crippen molar-refractivity contribution in [2.45, 2.75) is 87.1 Å². The molecule has 0 N–H and O–H groups in total. The van der Waals surface area contributed by atoms with E-state index in [4.69, 9.17) is 0 Å². The quantitative estimate of drug-likeness (QED) is 0.104. The number of hydrogen-bond donors (Lipinski definition) is 0. The van der Waals surface area contributed by atoms with E-state index in [9.17, 15) is 92.2 Å². The van der Waals surface area contributed by atoms with Crippen LogP contribution in [0.2, 0.25) is 0 Å². The van der Waals surface area contributed by atoms with Crippen LogP contribution in [-0.2, 0) is 3.07 Å². The van der Waals surface area contributed by atoms with Gasteiger partial charge in [0, 0.05) is 0 Å². The van der Waals surface area contributed by atoms with Crippen molar-refractivity contribution in [3.8, 4) is 0 Å². The topological polar surface area (TPSA) is 9.23 Å². The minimum atomic E-state index is -11.7. The summed E-state index contributed by atoms with van der Waals surface area (Å²) in [5.41, 5.74) is 0. The van der Waals surface area contributed by atoms with Crippen LogP contribution < -0.4 is 0 Å². The molecular formula is C16H15F21OSn. The number of rotatable bonds is 13. The Morgan fingerprint density at radius 1 is 0.436 bits per heavy atom. The zero-order chi connectivity index (χ0) is 31.9. The molecule has 0 atom stereocenters. The summed E-state index contributed by atoms with van der Waals surface area (Å²) < 4.78 is 265. The van der Waals surface area contributed by atoms with Gasteiger partial charge in [-0.15, -0.1) is 0 Å². The molecule has 0 saturated carbocycles. The first-order valence-corrected chi connectivity index (χ1v) is 15.2. The number of hydrogen-bond acceptors (Lipinski definition) is 1. The van der Waals surface area contributed by atoms with Gasteiger partial charge >= 0.3 is 208 Å². The second-order valence-electron chi connectivity index (χ2n) is 8.10. The molecule has 1 nitrogen and oxygen atoms in total. The fourth-order valence-corrected chi connectivity index (χ4v) is 14.5. The Labute approximate surface area is 208 Å². The van der Waals surface area contributed by atoms with Crippen LogP contribution in [-0.4, -0.2) is 73.5 Å². The molecule has 0 rings (SSSR count). The Balaban J connectivity index is 8.09. The summed E-state index contributed by atoms with van der Waals surface area (Å²) in [6, 6.07) is 0. The predicted octanol–water partition coefficient (Wildman–Crippen LogP) is 9.04. The van der Waals surface area contributed by atoms with Crippen LogP contribution in [0.4, 0.5) is 92.2 Å². The van der Waals surface area contributed by atoms with Gasteiger partial charge in [0.15, 0.2) is 0 Å². The molecule has 236 valence electrons. The fraction of sp³-hybridized carbons (Fsp3) is 1.00. The minimum absolute atomic E-state index is 0.651. The zero-order valence-corrected chi connectivity index (χ0v) is 21.4. The number of unbranched alkanes of at least 4 members (excludes halogenated alkanes) is 1. The van der Waals surface area contributed by atoms with E-state index in [1.807, 2.05) is 0 Å². The van der Waals surface area contributed by atoms with E-state index in [1.54, 1.807) is 0 Å². The Kier molecular flexibility index (Phi) is 11.0. The molecule has 0 heterocycles. The van der Waals surface area contributed by atoms with Crippen molar-refractivity contribution in [1.82, 2.24) is 0 Å². The van der Waals surface area contributed by atoms with Crippen molar-refractivity contribution >= 4 is 18.8 Å². The maximum absolute atomic E-state index is 14.9. The molecule has 0 aromatic rings. The van der Waals surface area contributed by atoms with Gasteiger partial charge in [0.25, 0.3) is 0 Å². The average Bonchev–Trinajstić information content (AvgIpc) is 2.58. The van der Waals surface area contributed by atoms with Gasteiger partial charge in [0.05, 0.1) is 0 Å². The third-order valence-electron chi connectivity index (χ3n) is 4.79. The zero-order valence-electron chi connectivity index (χ0n) is 18.6. The van der Waals surface area contributed by atoms with Gasteiger partial charge in [-0.2, -0.15) is 0 Å². The average molecular weight is 741 g/mol. The normalized spacial score (nSPS) is 16.2. The summed E-state index contributed by atoms with van der Waals surface area (Å²) in [6.45, 7) is -1.51. The first kappa shape index (κ1) is 38.3. The molecule has 0 spiro atoms. The molecule has 0 aliphatic carbocycles. The van der Waals surface area contributed by atoms with E-state index in [1.165, 1.54) is 0 Å². The molecule has 0 aliphatic rings. The van der Waals surface area contributed by atoms with Crippen molar-refractivity contribution in [2.75, 3.05) is 6.61 Å². The Hall–Kier alpha value is -0.711. The molecule has 0 aliphatic heterocycles. The Bertz CT molecular complexity index is 710. The predicted molar refractivity (Wildman–Crippen MR) is 88.3 cm³/mol. The molecule has 0 saturated heterocycles. The van der Waals surface area contributed by atoms with E-state index in [-0.39, 0.29) is 0 Å². The first-order chi connectivity index (χ1) is 16.7. The second-order valence-corrected chi connectivity index (χ2v) is 18.2. The van der Waals surface area contributed by atoms with Crippen molar-refractivity contribution in [3.63, 3.8) is 0 Å². The Morgan fingerprint density at radius 2 is 0.667 bits per heavy atom. The number of alkyl halides is 21. The molecule has 0 bridgehead atoms. The monoisotopic (exact) mass is 742 g/mol. The molecular weight excluding hydrogens is 726 g/mol. The molecule has 0 amide bonds. The van der Waals surface area contributed by atoms with Gasteiger partial charge in [-0.25, -0.2) is 0 Å². The van der Waals surface area contributed by atoms with Crippen LogP contribution >= 0.6 is 0 Å². The SMILES string of the molecule is CCCC[O][Sn]([C](F)(F)C(F)(F)CC(F)(F)F)([C](F)(F)C(F)(F)CC(F)(F)F)[C](F)(F)C(F)(F)CC(F)(F)F. The van der Waals surface area contributed by atoms with Gasteiger partial charge in [0.1, 0.15) is 0 Å². The molecule has 23 heteroatoms. The van der Waals surface area contributed by atoms with E-state index < -0.39 is 106 Å². The molecule has 0 aromatic carbocycles. The summed E-state index contributed by atoms with van der Waals surface area (Å²) in [7, 11) is 0. The maximum atomic E-state index is 14.9. The third-order valence-corrected chi connectivity index (χ3v) is 17.3. The summed E-state index contributed by atoms with van der Waals surface area (Å²) in [6.07, 6.45) is -35.4. The van der Waals surface area contributed by atoms with Crippen LogP contribution in [0, 0.1) is 0 Å². The number of halogens is 21. The van der Waals surface area contributed by atoms with Crippen molar-refractivity contribution < 1.29 is 95.3 Å². The van der Waals surface area contributed by atoms with E-state index >= 15 is 0 Å². The van der Waals surface area contributed by atoms with Crippen LogP contribution in [0.3, 0.4) is 0 Å². The van der Waals surface area contributed by atoms with Gasteiger partial charge in [-0.1, -0.05) is 0 Å². The third kappa shape index (κ3) is 7.77. The van der Waals surface area contributed by atoms with Crippen LogP contribution in [0.1, 0.15) is 39.0 Å². The fourth-order valence-electron chi connectivity index (χ4n) is 3.09. The van der Waals surface area contributed by atoms with Crippen LogP contribution in [0.5, 0.6) is 0 Å². The molecule has 39 heavy (non-hydrogen) atoms. The van der Waals surface area contributed by atoms with Crippen molar-refractivity contribution in [1.29, 1.82) is 0 Å². The first-order valence-electron chi connectivity index (χ1n) is 9.79. The van der Waals surface area contributed by atoms with Crippen molar-refractivity contribution in [2.24, 2.45) is 0 Å².